The summed E-state index contributed by atoms with van der Waals surface area (Å²) in [7, 11) is -2.15. The van der Waals surface area contributed by atoms with Crippen molar-refractivity contribution in [2.24, 2.45) is 0 Å². The van der Waals surface area contributed by atoms with Crippen LogP contribution in [0.4, 0.5) is 0 Å². The van der Waals surface area contributed by atoms with Gasteiger partial charge in [-0.2, -0.15) is 0 Å². The number of aromatic amines is 1. The molecule has 5 nitrogen and oxygen atoms in total. The van der Waals surface area contributed by atoms with Crippen LogP contribution in [0, 0.1) is 6.92 Å². The largest absolute Gasteiger partial charge is 0.497 e. The Morgan fingerprint density at radius 2 is 1.82 bits per heavy atom. The average Bonchev–Trinajstić information content (AvgIpc) is 3.12. The Morgan fingerprint density at radius 1 is 1.04 bits per heavy atom. The van der Waals surface area contributed by atoms with Gasteiger partial charge in [0, 0.05) is 23.3 Å². The molecule has 142 valence electrons. The summed E-state index contributed by atoms with van der Waals surface area (Å²) in [6, 6.07) is 17.8. The first-order valence-corrected chi connectivity index (χ1v) is 10.4. The summed E-state index contributed by atoms with van der Waals surface area (Å²) in [5.41, 5.74) is 2.97. The standard InChI is InChI=1S/C22H20N2O3S/c1-15-8-10-18(11-9-15)28(25,26)21(16-5-3-6-17(13-16)27-2)20-14-24-22-19(20)7-4-12-23-22/h3-14,21H,1-2H3,(H,23,24). The fourth-order valence-electron chi connectivity index (χ4n) is 3.39. The minimum atomic E-state index is -3.71. The lowest BCUT2D eigenvalue weighted by Gasteiger charge is -2.19. The summed E-state index contributed by atoms with van der Waals surface area (Å²) in [5, 5.41) is -0.103. The maximum absolute atomic E-state index is 13.7. The van der Waals surface area contributed by atoms with Gasteiger partial charge >= 0.3 is 0 Å². The SMILES string of the molecule is COc1cccc(C(c2c[nH]c3ncccc23)S(=O)(=O)c2ccc(C)cc2)c1. The monoisotopic (exact) mass is 392 g/mol. The fraction of sp³-hybridized carbons (Fsp3) is 0.136. The number of sulfone groups is 1. The zero-order valence-corrected chi connectivity index (χ0v) is 16.4. The highest BCUT2D eigenvalue weighted by molar-refractivity contribution is 7.92. The lowest BCUT2D eigenvalue weighted by atomic mass is 10.0. The number of H-pyrrole nitrogens is 1. The van der Waals surface area contributed by atoms with E-state index in [1.54, 1.807) is 55.9 Å². The van der Waals surface area contributed by atoms with E-state index in [9.17, 15) is 8.42 Å². The topological polar surface area (TPSA) is 72.0 Å². The molecule has 2 aromatic heterocycles. The van der Waals surface area contributed by atoms with Crippen molar-refractivity contribution in [3.05, 3.63) is 89.7 Å². The molecule has 28 heavy (non-hydrogen) atoms. The van der Waals surface area contributed by atoms with Gasteiger partial charge in [0.15, 0.2) is 9.84 Å². The van der Waals surface area contributed by atoms with Crippen molar-refractivity contribution in [3.63, 3.8) is 0 Å². The van der Waals surface area contributed by atoms with Gasteiger partial charge in [0.05, 0.1) is 12.0 Å². The van der Waals surface area contributed by atoms with E-state index in [-0.39, 0.29) is 4.90 Å². The van der Waals surface area contributed by atoms with Crippen LogP contribution in [-0.2, 0) is 9.84 Å². The molecule has 0 radical (unpaired) electrons. The molecular weight excluding hydrogens is 372 g/mol. The zero-order valence-electron chi connectivity index (χ0n) is 15.6. The molecule has 0 saturated heterocycles. The molecular formula is C22H20N2O3S. The smallest absolute Gasteiger partial charge is 0.189 e. The summed E-state index contributed by atoms with van der Waals surface area (Å²) >= 11 is 0. The van der Waals surface area contributed by atoms with Crippen molar-refractivity contribution in [2.45, 2.75) is 17.1 Å². The molecule has 0 spiro atoms. The van der Waals surface area contributed by atoms with Crippen LogP contribution in [0.2, 0.25) is 0 Å². The molecule has 0 aliphatic rings. The third kappa shape index (κ3) is 3.16. The molecule has 0 amide bonds. The quantitative estimate of drug-likeness (QED) is 0.545. The number of aryl methyl sites for hydroxylation is 1. The Balaban J connectivity index is 1.97. The van der Waals surface area contributed by atoms with E-state index >= 15 is 0 Å². The molecule has 0 bridgehead atoms. The third-order valence-corrected chi connectivity index (χ3v) is 6.90. The highest BCUT2D eigenvalue weighted by Gasteiger charge is 2.33. The van der Waals surface area contributed by atoms with E-state index in [2.05, 4.69) is 9.97 Å². The van der Waals surface area contributed by atoms with E-state index in [1.807, 2.05) is 31.2 Å². The van der Waals surface area contributed by atoms with E-state index in [1.165, 1.54) is 0 Å². The van der Waals surface area contributed by atoms with E-state index in [4.69, 9.17) is 4.74 Å². The molecule has 0 saturated carbocycles. The van der Waals surface area contributed by atoms with Gasteiger partial charge in [-0.05, 0) is 48.9 Å². The molecule has 4 rings (SSSR count). The Morgan fingerprint density at radius 3 is 2.57 bits per heavy atom. The first-order valence-electron chi connectivity index (χ1n) is 8.87. The van der Waals surface area contributed by atoms with Gasteiger partial charge in [0.1, 0.15) is 16.6 Å². The minimum Gasteiger partial charge on any atom is -0.497 e. The van der Waals surface area contributed by atoms with Crippen molar-refractivity contribution in [1.82, 2.24) is 9.97 Å². The third-order valence-electron chi connectivity index (χ3n) is 4.82. The summed E-state index contributed by atoms with van der Waals surface area (Å²) in [5.74, 6) is 0.611. The summed E-state index contributed by atoms with van der Waals surface area (Å²) in [6.07, 6.45) is 3.41. The van der Waals surface area contributed by atoms with Gasteiger partial charge in [-0.3, -0.25) is 0 Å². The van der Waals surface area contributed by atoms with Crippen LogP contribution in [0.15, 0.2) is 78.0 Å². The number of fused-ring (bicyclic) bond motifs is 1. The van der Waals surface area contributed by atoms with Crippen LogP contribution in [0.5, 0.6) is 5.75 Å². The maximum atomic E-state index is 13.7. The molecule has 0 fully saturated rings. The van der Waals surface area contributed by atoms with Crippen LogP contribution in [-0.4, -0.2) is 25.5 Å². The Bertz CT molecular complexity index is 1230. The van der Waals surface area contributed by atoms with Gasteiger partial charge in [-0.15, -0.1) is 0 Å². The van der Waals surface area contributed by atoms with E-state index in [0.29, 0.717) is 22.5 Å². The Kier molecular flexibility index (Phi) is 4.65. The molecule has 0 aliphatic heterocycles. The molecule has 2 heterocycles. The number of pyridine rings is 1. The zero-order chi connectivity index (χ0) is 19.7. The Labute approximate surface area is 163 Å². The highest BCUT2D eigenvalue weighted by atomic mass is 32.2. The lowest BCUT2D eigenvalue weighted by Crippen LogP contribution is -2.15. The van der Waals surface area contributed by atoms with Crippen LogP contribution in [0.25, 0.3) is 11.0 Å². The van der Waals surface area contributed by atoms with Crippen LogP contribution in [0.3, 0.4) is 0 Å². The normalized spacial score (nSPS) is 12.8. The van der Waals surface area contributed by atoms with Gasteiger partial charge < -0.3 is 9.72 Å². The number of hydrogen-bond donors (Lipinski definition) is 1. The highest BCUT2D eigenvalue weighted by Crippen LogP contribution is 2.39. The molecule has 1 atom stereocenters. The second kappa shape index (κ2) is 7.13. The summed E-state index contributed by atoms with van der Waals surface area (Å²) in [6.45, 7) is 1.93. The molecule has 1 N–H and O–H groups in total. The van der Waals surface area contributed by atoms with E-state index < -0.39 is 15.1 Å². The Hall–Kier alpha value is -3.12. The van der Waals surface area contributed by atoms with Crippen molar-refractivity contribution >= 4 is 20.9 Å². The predicted molar refractivity (Wildman–Crippen MR) is 109 cm³/mol. The number of benzene rings is 2. The van der Waals surface area contributed by atoms with E-state index in [0.717, 1.165) is 10.9 Å². The minimum absolute atomic E-state index is 0.282. The van der Waals surface area contributed by atoms with Crippen molar-refractivity contribution < 1.29 is 13.2 Å². The number of methoxy groups -OCH3 is 1. The fourth-order valence-corrected chi connectivity index (χ4v) is 5.21. The molecule has 4 aromatic rings. The van der Waals surface area contributed by atoms with Gasteiger partial charge in [-0.25, -0.2) is 13.4 Å². The van der Waals surface area contributed by atoms with Crippen LogP contribution in [0.1, 0.15) is 21.9 Å². The molecule has 6 heteroatoms. The summed E-state index contributed by atoms with van der Waals surface area (Å²) in [4.78, 5) is 7.68. The van der Waals surface area contributed by atoms with Crippen LogP contribution < -0.4 is 4.74 Å². The first-order chi connectivity index (χ1) is 13.5. The van der Waals surface area contributed by atoms with Gasteiger partial charge in [-0.1, -0.05) is 29.8 Å². The number of ether oxygens (including phenoxy) is 1. The van der Waals surface area contributed by atoms with Gasteiger partial charge in [0.25, 0.3) is 0 Å². The second-order valence-electron chi connectivity index (χ2n) is 6.66. The lowest BCUT2D eigenvalue weighted by molar-refractivity contribution is 0.414. The first kappa shape index (κ1) is 18.3. The molecule has 2 aromatic carbocycles. The number of nitrogens with one attached hydrogen (secondary N) is 1. The number of hydrogen-bond acceptors (Lipinski definition) is 4. The van der Waals surface area contributed by atoms with Gasteiger partial charge in [0.2, 0.25) is 0 Å². The summed E-state index contributed by atoms with van der Waals surface area (Å²) < 4.78 is 32.8. The number of aromatic nitrogens is 2. The predicted octanol–water partition coefficient (Wildman–Crippen LogP) is 4.44. The number of rotatable bonds is 5. The van der Waals surface area contributed by atoms with Crippen LogP contribution >= 0.6 is 0 Å². The van der Waals surface area contributed by atoms with Crippen molar-refractivity contribution in [2.75, 3.05) is 7.11 Å². The van der Waals surface area contributed by atoms with Crippen molar-refractivity contribution in [1.29, 1.82) is 0 Å². The number of nitrogens with zero attached hydrogens (tertiary/aromatic N) is 1. The maximum Gasteiger partial charge on any atom is 0.189 e. The van der Waals surface area contributed by atoms with Crippen molar-refractivity contribution in [3.8, 4) is 5.75 Å². The molecule has 0 aliphatic carbocycles. The molecule has 1 unspecified atom stereocenters. The second-order valence-corrected chi connectivity index (χ2v) is 8.69. The average molecular weight is 392 g/mol.